The molecule has 43 heavy (non-hydrogen) atoms. The van der Waals surface area contributed by atoms with Gasteiger partial charge in [-0.3, -0.25) is 14.7 Å². The molecule has 1 aromatic heterocycles. The van der Waals surface area contributed by atoms with E-state index in [-0.39, 0.29) is 24.7 Å². The number of benzene rings is 3. The summed E-state index contributed by atoms with van der Waals surface area (Å²) in [5.74, 6) is -0.153. The molecule has 6 rings (SSSR count). The number of amides is 1. The number of morpholine rings is 1. The maximum absolute atomic E-state index is 12.5. The van der Waals surface area contributed by atoms with Crippen LogP contribution in [0.4, 0.5) is 0 Å². The van der Waals surface area contributed by atoms with Gasteiger partial charge in [0.25, 0.3) is 5.91 Å². The van der Waals surface area contributed by atoms with Crippen LogP contribution >= 0.6 is 0 Å². The summed E-state index contributed by atoms with van der Waals surface area (Å²) < 4.78 is 18.7. The van der Waals surface area contributed by atoms with Crippen molar-refractivity contribution in [2.24, 2.45) is 0 Å². The van der Waals surface area contributed by atoms with Crippen LogP contribution in [0.15, 0.2) is 97.3 Å². The third-order valence-electron chi connectivity index (χ3n) is 7.98. The molecule has 1 amide bonds. The predicted octanol–water partition coefficient (Wildman–Crippen LogP) is 5.05. The molecule has 2 fully saturated rings. The van der Waals surface area contributed by atoms with Gasteiger partial charge in [0.1, 0.15) is 0 Å². The Kier molecular flexibility index (Phi) is 9.52. The van der Waals surface area contributed by atoms with E-state index < -0.39 is 6.29 Å². The van der Waals surface area contributed by atoms with Crippen LogP contribution in [0.3, 0.4) is 0 Å². The minimum absolute atomic E-state index is 0.00483. The van der Waals surface area contributed by atoms with Crippen molar-refractivity contribution in [3.05, 3.63) is 125 Å². The van der Waals surface area contributed by atoms with Crippen LogP contribution in [-0.4, -0.2) is 59.8 Å². The zero-order valence-electron chi connectivity index (χ0n) is 24.1. The number of hydrogen-bond acceptors (Lipinski definition) is 7. The first kappa shape index (κ1) is 29.2. The molecule has 0 unspecified atom stereocenters. The van der Waals surface area contributed by atoms with E-state index in [9.17, 15) is 9.90 Å². The van der Waals surface area contributed by atoms with Crippen LogP contribution in [0.25, 0.3) is 11.1 Å². The van der Waals surface area contributed by atoms with Gasteiger partial charge in [-0.15, -0.1) is 0 Å². The second-order valence-electron chi connectivity index (χ2n) is 11.0. The van der Waals surface area contributed by atoms with Crippen molar-refractivity contribution in [3.63, 3.8) is 0 Å². The Bertz CT molecular complexity index is 1490. The standard InChI is InChI=1S/C35H37N3O5/c39-24-25-9-11-27(12-10-25)33-20-32(23-38-14-16-41-17-15-38)42-35(43-33)30-7-2-6-29(19-30)28-5-1-4-26(18-28)21-37-34(40)31-8-3-13-36-22-31/h1-13,18-19,22,32-33,35,39H,14-17,20-21,23-24H2,(H,37,40)/t32-,33+,35+/m0/s1. The SMILES string of the molecule is O=C(NCc1cccc(-c2cccc([C@@H]3O[C@H](CN4CCOCC4)C[C@H](c4ccc(CO)cc4)O3)c2)c1)c1cccnc1. The van der Waals surface area contributed by atoms with Gasteiger partial charge in [-0.05, 0) is 52.1 Å². The number of hydrogen-bond donors (Lipinski definition) is 2. The molecule has 3 heterocycles. The van der Waals surface area contributed by atoms with Gasteiger partial charge in [0.2, 0.25) is 0 Å². The van der Waals surface area contributed by atoms with Crippen LogP contribution < -0.4 is 5.32 Å². The quantitative estimate of drug-likeness (QED) is 0.287. The number of aliphatic hydroxyl groups excluding tert-OH is 1. The van der Waals surface area contributed by atoms with E-state index >= 15 is 0 Å². The normalized spacial score (nSPS) is 20.9. The maximum atomic E-state index is 12.5. The molecular formula is C35H37N3O5. The van der Waals surface area contributed by atoms with Crippen molar-refractivity contribution in [1.29, 1.82) is 0 Å². The van der Waals surface area contributed by atoms with E-state index in [2.05, 4.69) is 45.5 Å². The molecule has 4 aromatic rings. The van der Waals surface area contributed by atoms with E-state index in [0.29, 0.717) is 12.1 Å². The van der Waals surface area contributed by atoms with Crippen molar-refractivity contribution < 1.29 is 24.1 Å². The molecule has 3 aromatic carbocycles. The molecule has 2 saturated heterocycles. The number of aliphatic hydroxyl groups is 1. The van der Waals surface area contributed by atoms with Crippen molar-refractivity contribution in [2.45, 2.75) is 38.1 Å². The summed E-state index contributed by atoms with van der Waals surface area (Å²) in [6, 6.07) is 28.0. The summed E-state index contributed by atoms with van der Waals surface area (Å²) in [6.45, 7) is 4.53. The lowest BCUT2D eigenvalue weighted by Crippen LogP contribution is -2.44. The molecule has 8 heteroatoms. The topological polar surface area (TPSA) is 93.2 Å². The smallest absolute Gasteiger partial charge is 0.253 e. The van der Waals surface area contributed by atoms with Crippen LogP contribution in [0.5, 0.6) is 0 Å². The number of carbonyl (C=O) groups is 1. The van der Waals surface area contributed by atoms with Gasteiger partial charge < -0.3 is 24.6 Å². The predicted molar refractivity (Wildman–Crippen MR) is 163 cm³/mol. The summed E-state index contributed by atoms with van der Waals surface area (Å²) in [7, 11) is 0. The molecular weight excluding hydrogens is 542 g/mol. The summed E-state index contributed by atoms with van der Waals surface area (Å²) in [5.41, 5.74) is 6.54. The van der Waals surface area contributed by atoms with Gasteiger partial charge >= 0.3 is 0 Å². The number of nitrogens with zero attached hydrogens (tertiary/aromatic N) is 2. The fourth-order valence-electron chi connectivity index (χ4n) is 5.61. The minimum Gasteiger partial charge on any atom is -0.392 e. The molecule has 0 aliphatic carbocycles. The van der Waals surface area contributed by atoms with Crippen LogP contribution in [0.1, 0.15) is 51.4 Å². The molecule has 3 atom stereocenters. The second-order valence-corrected chi connectivity index (χ2v) is 11.0. The van der Waals surface area contributed by atoms with E-state index in [1.807, 2.05) is 42.5 Å². The zero-order chi connectivity index (χ0) is 29.4. The van der Waals surface area contributed by atoms with Crippen LogP contribution in [0, 0.1) is 0 Å². The molecule has 0 spiro atoms. The average molecular weight is 580 g/mol. The highest BCUT2D eigenvalue weighted by Crippen LogP contribution is 2.39. The fourth-order valence-corrected chi connectivity index (χ4v) is 5.61. The Morgan fingerprint density at radius 3 is 2.44 bits per heavy atom. The first-order valence-corrected chi connectivity index (χ1v) is 14.8. The second kappa shape index (κ2) is 14.0. The van der Waals surface area contributed by atoms with Gasteiger partial charge in [0.15, 0.2) is 6.29 Å². The summed E-state index contributed by atoms with van der Waals surface area (Å²) in [5, 5.41) is 12.5. The van der Waals surface area contributed by atoms with E-state index in [4.69, 9.17) is 14.2 Å². The number of pyridine rings is 1. The third-order valence-corrected chi connectivity index (χ3v) is 7.98. The summed E-state index contributed by atoms with van der Waals surface area (Å²) in [4.78, 5) is 18.9. The van der Waals surface area contributed by atoms with Gasteiger partial charge in [0, 0.05) is 50.6 Å². The summed E-state index contributed by atoms with van der Waals surface area (Å²) in [6.07, 6.45) is 3.30. The van der Waals surface area contributed by atoms with Crippen molar-refractivity contribution in [1.82, 2.24) is 15.2 Å². The third kappa shape index (κ3) is 7.54. The molecule has 2 N–H and O–H groups in total. The lowest BCUT2D eigenvalue weighted by Gasteiger charge is -2.39. The van der Waals surface area contributed by atoms with Gasteiger partial charge in [-0.1, -0.05) is 60.7 Å². The maximum Gasteiger partial charge on any atom is 0.253 e. The van der Waals surface area contributed by atoms with Gasteiger partial charge in [-0.2, -0.15) is 0 Å². The molecule has 2 aliphatic heterocycles. The van der Waals surface area contributed by atoms with Crippen molar-refractivity contribution >= 4 is 5.91 Å². The first-order chi connectivity index (χ1) is 21.1. The molecule has 222 valence electrons. The van der Waals surface area contributed by atoms with Crippen molar-refractivity contribution in [3.8, 4) is 11.1 Å². The van der Waals surface area contributed by atoms with Crippen molar-refractivity contribution in [2.75, 3.05) is 32.8 Å². The molecule has 2 aliphatic rings. The molecule has 8 nitrogen and oxygen atoms in total. The highest BCUT2D eigenvalue weighted by molar-refractivity contribution is 5.93. The highest BCUT2D eigenvalue weighted by atomic mass is 16.7. The number of rotatable bonds is 9. The Labute approximate surface area is 252 Å². The Morgan fingerprint density at radius 2 is 1.67 bits per heavy atom. The number of nitrogens with one attached hydrogen (secondary N) is 1. The Balaban J connectivity index is 1.19. The van der Waals surface area contributed by atoms with Gasteiger partial charge in [0.05, 0.1) is 37.6 Å². The monoisotopic (exact) mass is 579 g/mol. The fraction of sp³-hybridized carbons (Fsp3) is 0.314. The Hall–Kier alpha value is -3.92. The number of aromatic nitrogens is 1. The zero-order valence-corrected chi connectivity index (χ0v) is 24.1. The van der Waals surface area contributed by atoms with E-state index in [1.54, 1.807) is 24.5 Å². The largest absolute Gasteiger partial charge is 0.392 e. The average Bonchev–Trinajstić information content (AvgIpc) is 3.08. The van der Waals surface area contributed by atoms with Gasteiger partial charge in [-0.25, -0.2) is 0 Å². The summed E-state index contributed by atoms with van der Waals surface area (Å²) >= 11 is 0. The number of carbonyl (C=O) groups excluding carboxylic acids is 1. The number of ether oxygens (including phenoxy) is 3. The lowest BCUT2D eigenvalue weighted by molar-refractivity contribution is -0.253. The first-order valence-electron chi connectivity index (χ1n) is 14.8. The lowest BCUT2D eigenvalue weighted by atomic mass is 9.98. The molecule has 0 saturated carbocycles. The van der Waals surface area contributed by atoms with E-state index in [0.717, 1.165) is 72.6 Å². The minimum atomic E-state index is -0.524. The van der Waals surface area contributed by atoms with Crippen LogP contribution in [-0.2, 0) is 27.4 Å². The Morgan fingerprint density at radius 1 is 0.884 bits per heavy atom. The molecule has 0 radical (unpaired) electrons. The van der Waals surface area contributed by atoms with Crippen LogP contribution in [0.2, 0.25) is 0 Å². The van der Waals surface area contributed by atoms with E-state index in [1.165, 1.54) is 0 Å². The highest BCUT2D eigenvalue weighted by Gasteiger charge is 2.33. The molecule has 0 bridgehead atoms.